The van der Waals surface area contributed by atoms with E-state index in [0.717, 1.165) is 5.56 Å². The van der Waals surface area contributed by atoms with Crippen molar-refractivity contribution in [3.8, 4) is 5.75 Å². The second-order valence-corrected chi connectivity index (χ2v) is 4.03. The van der Waals surface area contributed by atoms with Gasteiger partial charge in [0.1, 0.15) is 6.61 Å². The Kier molecular flexibility index (Phi) is 3.11. The molecule has 1 aromatic carbocycles. The number of aryl methyl sites for hydroxylation is 1. The molecule has 0 radical (unpaired) electrons. The first-order valence-electron chi connectivity index (χ1n) is 4.50. The van der Waals surface area contributed by atoms with E-state index in [2.05, 4.69) is 0 Å². The lowest BCUT2D eigenvalue weighted by atomic mass is 10.1. The molecule has 0 fully saturated rings. The third-order valence-corrected chi connectivity index (χ3v) is 1.67. The van der Waals surface area contributed by atoms with Crippen molar-refractivity contribution in [3.63, 3.8) is 0 Å². The van der Waals surface area contributed by atoms with E-state index in [1.165, 1.54) is 6.07 Å². The van der Waals surface area contributed by atoms with E-state index < -0.39 is 11.4 Å². The molecule has 14 heavy (non-hydrogen) atoms. The van der Waals surface area contributed by atoms with Gasteiger partial charge in [-0.3, -0.25) is 0 Å². The van der Waals surface area contributed by atoms with Crippen LogP contribution in [0.5, 0.6) is 5.75 Å². The molecule has 0 aliphatic carbocycles. The van der Waals surface area contributed by atoms with Crippen LogP contribution in [0.1, 0.15) is 19.4 Å². The number of aliphatic hydroxyl groups is 1. The number of rotatable bonds is 3. The van der Waals surface area contributed by atoms with Gasteiger partial charge in [0.25, 0.3) is 0 Å². The minimum atomic E-state index is -0.948. The van der Waals surface area contributed by atoms with Crippen molar-refractivity contribution in [2.75, 3.05) is 6.61 Å². The Morgan fingerprint density at radius 2 is 2.07 bits per heavy atom. The average Bonchev–Trinajstić information content (AvgIpc) is 2.05. The predicted octanol–water partition coefficient (Wildman–Crippen LogP) is 2.28. The van der Waals surface area contributed by atoms with Crippen LogP contribution in [0.2, 0.25) is 0 Å². The van der Waals surface area contributed by atoms with Crippen LogP contribution >= 0.6 is 0 Å². The smallest absolute Gasteiger partial charge is 0.165 e. The summed E-state index contributed by atoms with van der Waals surface area (Å²) in [5.41, 5.74) is -0.0203. The van der Waals surface area contributed by atoms with E-state index in [-0.39, 0.29) is 12.4 Å². The molecule has 2 nitrogen and oxygen atoms in total. The molecule has 1 N–H and O–H groups in total. The highest BCUT2D eigenvalue weighted by molar-refractivity contribution is 5.29. The molecule has 0 saturated carbocycles. The lowest BCUT2D eigenvalue weighted by Gasteiger charge is -2.18. The molecule has 0 spiro atoms. The molecule has 0 unspecified atom stereocenters. The standard InChI is InChI=1S/C11H15FO2/c1-8-4-5-9(12)10(6-8)14-7-11(2,3)13/h4-6,13H,7H2,1-3H3. The van der Waals surface area contributed by atoms with Gasteiger partial charge in [-0.05, 0) is 38.5 Å². The molecule has 3 heteroatoms. The molecule has 0 saturated heterocycles. The largest absolute Gasteiger partial charge is 0.488 e. The van der Waals surface area contributed by atoms with Gasteiger partial charge in [0.2, 0.25) is 0 Å². The Bertz CT molecular complexity index is 316. The summed E-state index contributed by atoms with van der Waals surface area (Å²) in [5, 5.41) is 9.39. The van der Waals surface area contributed by atoms with Crippen molar-refractivity contribution in [2.45, 2.75) is 26.4 Å². The van der Waals surface area contributed by atoms with Crippen LogP contribution in [-0.4, -0.2) is 17.3 Å². The van der Waals surface area contributed by atoms with E-state index in [0.29, 0.717) is 0 Å². The summed E-state index contributed by atoms with van der Waals surface area (Å²) in [6.45, 7) is 5.16. The number of benzene rings is 1. The van der Waals surface area contributed by atoms with Crippen molar-refractivity contribution in [1.29, 1.82) is 0 Å². The first kappa shape index (κ1) is 11.0. The Morgan fingerprint density at radius 1 is 1.43 bits per heavy atom. The fourth-order valence-electron chi connectivity index (χ4n) is 0.976. The van der Waals surface area contributed by atoms with Gasteiger partial charge in [-0.15, -0.1) is 0 Å². The second kappa shape index (κ2) is 3.96. The third-order valence-electron chi connectivity index (χ3n) is 1.67. The number of halogens is 1. The summed E-state index contributed by atoms with van der Waals surface area (Å²) >= 11 is 0. The molecule has 0 aliphatic rings. The normalized spacial score (nSPS) is 11.5. The van der Waals surface area contributed by atoms with Gasteiger partial charge in [0.05, 0.1) is 5.60 Å². The van der Waals surface area contributed by atoms with E-state index in [4.69, 9.17) is 4.74 Å². The lowest BCUT2D eigenvalue weighted by Crippen LogP contribution is -2.28. The maximum Gasteiger partial charge on any atom is 0.165 e. The zero-order valence-electron chi connectivity index (χ0n) is 8.67. The summed E-state index contributed by atoms with van der Waals surface area (Å²) in [6, 6.07) is 4.64. The molecule has 0 amide bonds. The number of ether oxygens (including phenoxy) is 1. The molecule has 0 bridgehead atoms. The zero-order valence-corrected chi connectivity index (χ0v) is 8.67. The SMILES string of the molecule is Cc1ccc(F)c(OCC(C)(C)O)c1. The van der Waals surface area contributed by atoms with Crippen molar-refractivity contribution in [3.05, 3.63) is 29.6 Å². The van der Waals surface area contributed by atoms with Gasteiger partial charge in [0.15, 0.2) is 11.6 Å². The predicted molar refractivity (Wildman–Crippen MR) is 52.9 cm³/mol. The Balaban J connectivity index is 2.72. The summed E-state index contributed by atoms with van der Waals surface area (Å²) < 4.78 is 18.3. The van der Waals surface area contributed by atoms with Crippen molar-refractivity contribution in [2.24, 2.45) is 0 Å². The molecule has 1 rings (SSSR count). The molecule has 0 atom stereocenters. The molecule has 0 aliphatic heterocycles. The minimum absolute atomic E-state index is 0.0768. The molecule has 78 valence electrons. The van der Waals surface area contributed by atoms with Crippen LogP contribution < -0.4 is 4.74 Å². The molecular weight excluding hydrogens is 183 g/mol. The van der Waals surface area contributed by atoms with Gasteiger partial charge in [-0.25, -0.2) is 4.39 Å². The molecule has 0 aromatic heterocycles. The third kappa shape index (κ3) is 3.34. The van der Waals surface area contributed by atoms with E-state index in [1.54, 1.807) is 26.0 Å². The van der Waals surface area contributed by atoms with Crippen molar-refractivity contribution >= 4 is 0 Å². The quantitative estimate of drug-likeness (QED) is 0.807. The number of hydrogen-bond acceptors (Lipinski definition) is 2. The first-order valence-corrected chi connectivity index (χ1v) is 4.50. The van der Waals surface area contributed by atoms with Crippen molar-refractivity contribution < 1.29 is 14.2 Å². The van der Waals surface area contributed by atoms with Gasteiger partial charge in [-0.2, -0.15) is 0 Å². The van der Waals surface area contributed by atoms with Crippen molar-refractivity contribution in [1.82, 2.24) is 0 Å². The Hall–Kier alpha value is -1.09. The summed E-state index contributed by atoms with van der Waals surface area (Å²) in [5.74, 6) is -0.216. The van der Waals surface area contributed by atoms with E-state index >= 15 is 0 Å². The summed E-state index contributed by atoms with van der Waals surface area (Å²) in [7, 11) is 0. The molecular formula is C11H15FO2. The van der Waals surface area contributed by atoms with Gasteiger partial charge >= 0.3 is 0 Å². The van der Waals surface area contributed by atoms with Crippen LogP contribution in [0, 0.1) is 12.7 Å². The Labute approximate surface area is 83.3 Å². The summed E-state index contributed by atoms with van der Waals surface area (Å²) in [6.07, 6.45) is 0. The molecule has 0 heterocycles. The van der Waals surface area contributed by atoms with Crippen LogP contribution in [0.3, 0.4) is 0 Å². The first-order chi connectivity index (χ1) is 6.38. The average molecular weight is 198 g/mol. The van der Waals surface area contributed by atoms with E-state index in [1.807, 2.05) is 6.92 Å². The summed E-state index contributed by atoms with van der Waals surface area (Å²) in [4.78, 5) is 0. The maximum absolute atomic E-state index is 13.1. The van der Waals surface area contributed by atoms with Crippen LogP contribution in [0.15, 0.2) is 18.2 Å². The highest BCUT2D eigenvalue weighted by atomic mass is 19.1. The van der Waals surface area contributed by atoms with Crippen LogP contribution in [0.25, 0.3) is 0 Å². The zero-order chi connectivity index (χ0) is 10.8. The highest BCUT2D eigenvalue weighted by Gasteiger charge is 2.14. The lowest BCUT2D eigenvalue weighted by molar-refractivity contribution is 0.0271. The number of hydrogen-bond donors (Lipinski definition) is 1. The van der Waals surface area contributed by atoms with Crippen LogP contribution in [-0.2, 0) is 0 Å². The maximum atomic E-state index is 13.1. The van der Waals surface area contributed by atoms with Crippen LogP contribution in [0.4, 0.5) is 4.39 Å². The Morgan fingerprint density at radius 3 is 2.64 bits per heavy atom. The topological polar surface area (TPSA) is 29.5 Å². The monoisotopic (exact) mass is 198 g/mol. The van der Waals surface area contributed by atoms with Gasteiger partial charge in [-0.1, -0.05) is 6.07 Å². The minimum Gasteiger partial charge on any atom is -0.488 e. The second-order valence-electron chi connectivity index (χ2n) is 4.03. The van der Waals surface area contributed by atoms with E-state index in [9.17, 15) is 9.50 Å². The van der Waals surface area contributed by atoms with Gasteiger partial charge < -0.3 is 9.84 Å². The fourth-order valence-corrected chi connectivity index (χ4v) is 0.976. The van der Waals surface area contributed by atoms with Gasteiger partial charge in [0, 0.05) is 0 Å². The fraction of sp³-hybridized carbons (Fsp3) is 0.455. The molecule has 1 aromatic rings. The highest BCUT2D eigenvalue weighted by Crippen LogP contribution is 2.19.